The molecule has 0 saturated carbocycles. The molecule has 0 unspecified atom stereocenters. The number of aliphatic imine (C=N–C) groups is 1. The first-order valence-electron chi connectivity index (χ1n) is 7.75. The lowest BCUT2D eigenvalue weighted by Gasteiger charge is -2.18. The van der Waals surface area contributed by atoms with Crippen LogP contribution in [0, 0.1) is 5.82 Å². The molecule has 3 rings (SSSR count). The molecule has 0 N–H and O–H groups in total. The van der Waals surface area contributed by atoms with Crippen LogP contribution in [0.3, 0.4) is 0 Å². The Balaban J connectivity index is 1.67. The van der Waals surface area contributed by atoms with E-state index in [0.717, 1.165) is 17.7 Å². The van der Waals surface area contributed by atoms with Gasteiger partial charge in [-0.05, 0) is 42.0 Å². The second-order valence-electron chi connectivity index (χ2n) is 5.61. The Morgan fingerprint density at radius 2 is 1.73 bits per heavy atom. The van der Waals surface area contributed by atoms with Crippen molar-refractivity contribution in [2.75, 3.05) is 13.1 Å². The number of thioether (sulfide) groups is 1. The monoisotopic (exact) mass is 382 g/mol. The summed E-state index contributed by atoms with van der Waals surface area (Å²) in [7, 11) is 0. The van der Waals surface area contributed by atoms with Crippen LogP contribution in [0.1, 0.15) is 21.5 Å². The van der Waals surface area contributed by atoms with E-state index in [1.54, 1.807) is 12.1 Å². The minimum Gasteiger partial charge on any atom is -0.286 e. The number of amides is 1. The number of nitrogens with zero attached hydrogens (tertiary/aromatic N) is 2. The van der Waals surface area contributed by atoms with Gasteiger partial charge in [-0.25, -0.2) is 4.39 Å². The van der Waals surface area contributed by atoms with Crippen molar-refractivity contribution < 1.29 is 22.4 Å². The van der Waals surface area contributed by atoms with E-state index < -0.39 is 11.7 Å². The minimum atomic E-state index is -4.44. The molecular weight excluding hydrogens is 368 g/mol. The van der Waals surface area contributed by atoms with Gasteiger partial charge in [-0.15, -0.1) is 0 Å². The van der Waals surface area contributed by atoms with Gasteiger partial charge in [0, 0.05) is 17.9 Å². The van der Waals surface area contributed by atoms with Gasteiger partial charge in [0.1, 0.15) is 5.82 Å². The molecule has 2 aromatic rings. The summed E-state index contributed by atoms with van der Waals surface area (Å²) in [6.45, 7) is 0.823. The van der Waals surface area contributed by atoms with E-state index in [2.05, 4.69) is 4.99 Å². The van der Waals surface area contributed by atoms with Gasteiger partial charge in [0.05, 0.1) is 12.1 Å². The summed E-state index contributed by atoms with van der Waals surface area (Å²) in [6.07, 6.45) is -4.44. The molecule has 1 aliphatic rings. The maximum Gasteiger partial charge on any atom is 0.416 e. The Morgan fingerprint density at radius 1 is 1.08 bits per heavy atom. The molecule has 1 amide bonds. The van der Waals surface area contributed by atoms with Gasteiger partial charge in [0.25, 0.3) is 5.91 Å². The van der Waals surface area contributed by atoms with Crippen molar-refractivity contribution in [1.82, 2.24) is 4.90 Å². The SMILES string of the molecule is O=C(c1ccc(C(F)(F)F)cc1)N1CCN=C1SCc1ccc(F)cc1. The molecule has 0 radical (unpaired) electrons. The number of carbonyl (C=O) groups is 1. The number of amidine groups is 1. The summed E-state index contributed by atoms with van der Waals surface area (Å²) in [5, 5.41) is 0.513. The molecule has 1 heterocycles. The molecule has 0 bridgehead atoms. The molecule has 0 spiro atoms. The highest BCUT2D eigenvalue weighted by Gasteiger charge is 2.31. The fourth-order valence-electron chi connectivity index (χ4n) is 2.42. The van der Waals surface area contributed by atoms with E-state index in [1.165, 1.54) is 40.9 Å². The van der Waals surface area contributed by atoms with Gasteiger partial charge in [-0.3, -0.25) is 14.7 Å². The van der Waals surface area contributed by atoms with Crippen molar-refractivity contribution in [3.63, 3.8) is 0 Å². The lowest BCUT2D eigenvalue weighted by Crippen LogP contribution is -2.32. The zero-order valence-corrected chi connectivity index (χ0v) is 14.3. The largest absolute Gasteiger partial charge is 0.416 e. The predicted molar refractivity (Wildman–Crippen MR) is 92.5 cm³/mol. The van der Waals surface area contributed by atoms with E-state index >= 15 is 0 Å². The average molecular weight is 382 g/mol. The van der Waals surface area contributed by atoms with Crippen LogP contribution >= 0.6 is 11.8 Å². The molecule has 0 aliphatic carbocycles. The summed E-state index contributed by atoms with van der Waals surface area (Å²) < 4.78 is 50.8. The molecular formula is C18H14F4N2OS. The number of hydrogen-bond acceptors (Lipinski definition) is 3. The zero-order chi connectivity index (χ0) is 18.7. The van der Waals surface area contributed by atoms with Crippen molar-refractivity contribution in [2.24, 2.45) is 4.99 Å². The summed E-state index contributed by atoms with van der Waals surface area (Å²) >= 11 is 1.33. The fourth-order valence-corrected chi connectivity index (χ4v) is 3.43. The van der Waals surface area contributed by atoms with Crippen molar-refractivity contribution in [2.45, 2.75) is 11.9 Å². The Kier molecular flexibility index (Phi) is 5.31. The Morgan fingerprint density at radius 3 is 2.35 bits per heavy atom. The first-order valence-corrected chi connectivity index (χ1v) is 8.74. The average Bonchev–Trinajstić information content (AvgIpc) is 3.08. The Bertz CT molecular complexity index is 817. The van der Waals surface area contributed by atoms with Crippen molar-refractivity contribution in [3.05, 3.63) is 71.0 Å². The fraction of sp³-hybridized carbons (Fsp3) is 0.222. The first kappa shape index (κ1) is 18.4. The topological polar surface area (TPSA) is 32.7 Å². The lowest BCUT2D eigenvalue weighted by molar-refractivity contribution is -0.137. The Labute approximate surface area is 151 Å². The van der Waals surface area contributed by atoms with E-state index in [9.17, 15) is 22.4 Å². The standard InChI is InChI=1S/C18H14F4N2OS/c19-15-7-1-12(2-8-15)11-26-17-23-9-10-24(17)16(25)13-3-5-14(6-4-13)18(20,21)22/h1-8H,9-11H2. The number of benzene rings is 2. The lowest BCUT2D eigenvalue weighted by atomic mass is 10.1. The molecule has 26 heavy (non-hydrogen) atoms. The van der Waals surface area contributed by atoms with Crippen molar-refractivity contribution >= 4 is 22.8 Å². The van der Waals surface area contributed by atoms with Crippen LogP contribution in [0.5, 0.6) is 0 Å². The molecule has 136 valence electrons. The van der Waals surface area contributed by atoms with Gasteiger partial charge in [0.15, 0.2) is 5.17 Å². The molecule has 0 saturated heterocycles. The number of hydrogen-bond donors (Lipinski definition) is 0. The number of carbonyl (C=O) groups excluding carboxylic acids is 1. The van der Waals surface area contributed by atoms with Gasteiger partial charge >= 0.3 is 6.18 Å². The molecule has 1 aliphatic heterocycles. The van der Waals surface area contributed by atoms with Gasteiger partial charge in [-0.1, -0.05) is 23.9 Å². The highest BCUT2D eigenvalue weighted by atomic mass is 32.2. The predicted octanol–water partition coefficient (Wildman–Crippen LogP) is 4.59. The summed E-state index contributed by atoms with van der Waals surface area (Å²) in [6, 6.07) is 10.2. The van der Waals surface area contributed by atoms with Crippen LogP contribution in [0.4, 0.5) is 17.6 Å². The van der Waals surface area contributed by atoms with Crippen LogP contribution in [0.15, 0.2) is 53.5 Å². The summed E-state index contributed by atoms with van der Waals surface area (Å²) in [4.78, 5) is 18.3. The molecule has 0 fully saturated rings. The van der Waals surface area contributed by atoms with E-state index in [1.807, 2.05) is 0 Å². The zero-order valence-electron chi connectivity index (χ0n) is 13.5. The third-order valence-electron chi connectivity index (χ3n) is 3.79. The number of alkyl halides is 3. The number of halogens is 4. The second-order valence-corrected chi connectivity index (χ2v) is 6.55. The third kappa shape index (κ3) is 4.24. The quantitative estimate of drug-likeness (QED) is 0.728. The van der Waals surface area contributed by atoms with Crippen LogP contribution in [-0.4, -0.2) is 29.1 Å². The Hall–Kier alpha value is -2.35. The summed E-state index contributed by atoms with van der Waals surface area (Å²) in [5.41, 5.74) is 0.262. The maximum atomic E-state index is 12.9. The molecule has 0 atom stereocenters. The van der Waals surface area contributed by atoms with Crippen molar-refractivity contribution in [3.8, 4) is 0 Å². The van der Waals surface area contributed by atoms with E-state index in [4.69, 9.17) is 0 Å². The molecule has 2 aromatic carbocycles. The highest BCUT2D eigenvalue weighted by Crippen LogP contribution is 2.29. The van der Waals surface area contributed by atoms with Crippen LogP contribution in [0.25, 0.3) is 0 Å². The molecule has 0 aromatic heterocycles. The van der Waals surface area contributed by atoms with Crippen LogP contribution in [0.2, 0.25) is 0 Å². The van der Waals surface area contributed by atoms with Gasteiger partial charge in [-0.2, -0.15) is 13.2 Å². The minimum absolute atomic E-state index is 0.176. The van der Waals surface area contributed by atoms with Crippen molar-refractivity contribution in [1.29, 1.82) is 0 Å². The van der Waals surface area contributed by atoms with E-state index in [0.29, 0.717) is 24.0 Å². The van der Waals surface area contributed by atoms with Crippen LogP contribution in [-0.2, 0) is 11.9 Å². The number of rotatable bonds is 3. The van der Waals surface area contributed by atoms with E-state index in [-0.39, 0.29) is 17.3 Å². The normalized spacial score (nSPS) is 14.5. The van der Waals surface area contributed by atoms with Gasteiger partial charge < -0.3 is 0 Å². The maximum absolute atomic E-state index is 12.9. The smallest absolute Gasteiger partial charge is 0.286 e. The summed E-state index contributed by atoms with van der Waals surface area (Å²) in [5.74, 6) is -0.201. The second kappa shape index (κ2) is 7.49. The molecule has 8 heteroatoms. The molecule has 3 nitrogen and oxygen atoms in total. The van der Waals surface area contributed by atoms with Crippen LogP contribution < -0.4 is 0 Å². The highest BCUT2D eigenvalue weighted by molar-refractivity contribution is 8.13. The third-order valence-corrected chi connectivity index (χ3v) is 4.87. The first-order chi connectivity index (χ1) is 12.3. The van der Waals surface area contributed by atoms with Gasteiger partial charge in [0.2, 0.25) is 0 Å².